The molecule has 4 rings (SSSR count). The van der Waals surface area contributed by atoms with Gasteiger partial charge in [-0.15, -0.1) is 0 Å². The number of imidazole rings is 1. The highest BCUT2D eigenvalue weighted by molar-refractivity contribution is 6.32. The first-order valence-corrected chi connectivity index (χ1v) is 10.5. The number of fused-ring (bicyclic) bond motifs is 1. The number of ether oxygens (including phenoxy) is 1. The number of aromatic nitrogens is 2. The molecule has 1 aliphatic heterocycles. The molecule has 0 spiro atoms. The second-order valence-corrected chi connectivity index (χ2v) is 7.82. The monoisotopic (exact) mass is 426 g/mol. The van der Waals surface area contributed by atoms with Crippen LogP contribution in [0.15, 0.2) is 42.9 Å². The van der Waals surface area contributed by atoms with E-state index in [0.717, 1.165) is 23.2 Å². The van der Waals surface area contributed by atoms with E-state index in [0.29, 0.717) is 16.5 Å². The smallest absolute Gasteiger partial charge is 0.145 e. The molecule has 1 unspecified atom stereocenters. The molecule has 30 heavy (non-hydrogen) atoms. The lowest BCUT2D eigenvalue weighted by atomic mass is 10.1. The van der Waals surface area contributed by atoms with Crippen molar-refractivity contribution in [2.24, 2.45) is 0 Å². The first-order chi connectivity index (χ1) is 14.5. The predicted molar refractivity (Wildman–Crippen MR) is 119 cm³/mol. The van der Waals surface area contributed by atoms with E-state index in [1.165, 1.54) is 32.4 Å². The minimum Gasteiger partial charge on any atom is -0.494 e. The molecule has 3 heterocycles. The van der Waals surface area contributed by atoms with Crippen LogP contribution in [0.3, 0.4) is 0 Å². The highest BCUT2D eigenvalue weighted by Gasteiger charge is 2.13. The topological polar surface area (TPSA) is 73.8 Å². The van der Waals surface area contributed by atoms with Crippen LogP contribution in [0.25, 0.3) is 16.6 Å². The zero-order valence-electron chi connectivity index (χ0n) is 17.4. The normalized spacial score (nSPS) is 15.2. The number of pyridine rings is 1. The minimum atomic E-state index is -0.155. The van der Waals surface area contributed by atoms with Gasteiger partial charge in [0.05, 0.1) is 31.0 Å². The van der Waals surface area contributed by atoms with E-state index in [1.807, 2.05) is 25.1 Å². The molecule has 1 fully saturated rings. The van der Waals surface area contributed by atoms with Crippen molar-refractivity contribution in [2.45, 2.75) is 32.3 Å². The molecule has 1 saturated heterocycles. The third-order valence-electron chi connectivity index (χ3n) is 5.12. The average Bonchev–Trinajstić information content (AvgIpc) is 3.26. The first kappa shape index (κ1) is 22.1. The molecule has 0 saturated carbocycles. The number of β-amino-alcohol motifs (C(OH)–C–C–N with tert-alkyl or cyclic N) is 1. The fraction of sp³-hybridized carbons (Fsp3) is 0.391. The highest BCUT2D eigenvalue weighted by Crippen LogP contribution is 2.34. The molecule has 158 valence electrons. The summed E-state index contributed by atoms with van der Waals surface area (Å²) in [5.41, 5.74) is 3.18. The van der Waals surface area contributed by atoms with Gasteiger partial charge in [-0.25, -0.2) is 4.98 Å². The summed E-state index contributed by atoms with van der Waals surface area (Å²) in [5.74, 6) is 0.700. The Hall–Kier alpha value is -2.59. The Labute approximate surface area is 182 Å². The van der Waals surface area contributed by atoms with Crippen LogP contribution in [0.5, 0.6) is 5.75 Å². The number of nitrogens with zero attached hydrogens (tertiary/aromatic N) is 4. The number of hydrogen-bond donors (Lipinski definition) is 1. The number of halogens is 1. The van der Waals surface area contributed by atoms with Gasteiger partial charge < -0.3 is 14.7 Å². The van der Waals surface area contributed by atoms with Crippen LogP contribution in [-0.2, 0) is 0 Å². The van der Waals surface area contributed by atoms with Gasteiger partial charge in [0.25, 0.3) is 0 Å². The Morgan fingerprint density at radius 2 is 1.93 bits per heavy atom. The number of benzene rings is 1. The second-order valence-electron chi connectivity index (χ2n) is 7.47. The van der Waals surface area contributed by atoms with Gasteiger partial charge in [0.2, 0.25) is 0 Å². The molecule has 2 aromatic heterocycles. The SMILES string of the molecule is CC(O)CN1CCCCC1.COc1cc(-c2ccc(C#N)cc2)c(Cl)n2cncc12. The number of aliphatic hydroxyl groups excluding tert-OH is 1. The minimum absolute atomic E-state index is 0.155. The Kier molecular flexibility index (Phi) is 7.69. The number of piperidine rings is 1. The van der Waals surface area contributed by atoms with E-state index in [4.69, 9.17) is 26.7 Å². The number of likely N-dealkylation sites (tertiary alicyclic amines) is 1. The summed E-state index contributed by atoms with van der Waals surface area (Å²) in [4.78, 5) is 6.43. The lowest BCUT2D eigenvalue weighted by Crippen LogP contribution is -2.35. The Bertz CT molecular complexity index is 1000. The summed E-state index contributed by atoms with van der Waals surface area (Å²) >= 11 is 6.42. The van der Waals surface area contributed by atoms with Crippen molar-refractivity contribution in [1.82, 2.24) is 14.3 Å². The zero-order chi connectivity index (χ0) is 21.5. The van der Waals surface area contributed by atoms with Crippen molar-refractivity contribution < 1.29 is 9.84 Å². The molecule has 1 aromatic carbocycles. The summed E-state index contributed by atoms with van der Waals surface area (Å²) in [6, 6.07) is 11.2. The molecule has 0 aliphatic carbocycles. The van der Waals surface area contributed by atoms with E-state index < -0.39 is 0 Å². The van der Waals surface area contributed by atoms with Crippen molar-refractivity contribution in [3.8, 4) is 22.9 Å². The van der Waals surface area contributed by atoms with E-state index in [9.17, 15) is 0 Å². The van der Waals surface area contributed by atoms with Crippen LogP contribution < -0.4 is 4.74 Å². The average molecular weight is 427 g/mol. The van der Waals surface area contributed by atoms with Gasteiger partial charge >= 0.3 is 0 Å². The van der Waals surface area contributed by atoms with Crippen LogP contribution in [0.1, 0.15) is 31.7 Å². The van der Waals surface area contributed by atoms with Crippen LogP contribution in [0, 0.1) is 11.3 Å². The molecular weight excluding hydrogens is 400 g/mol. The molecule has 1 atom stereocenters. The van der Waals surface area contributed by atoms with Crippen molar-refractivity contribution >= 4 is 17.1 Å². The summed E-state index contributed by atoms with van der Waals surface area (Å²) in [6.07, 6.45) is 7.19. The van der Waals surface area contributed by atoms with Gasteiger partial charge in [0.15, 0.2) is 0 Å². The number of nitriles is 1. The Morgan fingerprint density at radius 1 is 1.23 bits per heavy atom. The van der Waals surface area contributed by atoms with Crippen LogP contribution in [0.2, 0.25) is 5.15 Å². The molecule has 7 heteroatoms. The maximum Gasteiger partial charge on any atom is 0.145 e. The maximum absolute atomic E-state index is 9.06. The van der Waals surface area contributed by atoms with E-state index in [-0.39, 0.29) is 6.10 Å². The predicted octanol–water partition coefficient (Wildman–Crippen LogP) is 4.39. The lowest BCUT2D eigenvalue weighted by molar-refractivity contribution is 0.114. The molecule has 0 bridgehead atoms. The molecule has 0 amide bonds. The van der Waals surface area contributed by atoms with Gasteiger partial charge in [-0.3, -0.25) is 4.40 Å². The number of rotatable bonds is 4. The Morgan fingerprint density at radius 3 is 2.53 bits per heavy atom. The summed E-state index contributed by atoms with van der Waals surface area (Å²) in [5, 5.41) is 18.5. The van der Waals surface area contributed by atoms with Crippen LogP contribution >= 0.6 is 11.6 Å². The summed E-state index contributed by atoms with van der Waals surface area (Å²) < 4.78 is 7.15. The van der Waals surface area contributed by atoms with Crippen molar-refractivity contribution in [3.05, 3.63) is 53.6 Å². The molecular formula is C23H27ClN4O2. The van der Waals surface area contributed by atoms with E-state index in [2.05, 4.69) is 16.0 Å². The van der Waals surface area contributed by atoms with Gasteiger partial charge in [-0.1, -0.05) is 30.2 Å². The number of methoxy groups -OCH3 is 1. The highest BCUT2D eigenvalue weighted by atomic mass is 35.5. The van der Waals surface area contributed by atoms with Crippen molar-refractivity contribution in [2.75, 3.05) is 26.7 Å². The van der Waals surface area contributed by atoms with E-state index in [1.54, 1.807) is 36.2 Å². The molecule has 0 radical (unpaired) electrons. The molecule has 1 aliphatic rings. The molecule has 3 aromatic rings. The summed E-state index contributed by atoms with van der Waals surface area (Å²) in [7, 11) is 1.61. The first-order valence-electron chi connectivity index (χ1n) is 10.1. The second kappa shape index (κ2) is 10.4. The fourth-order valence-corrected chi connectivity index (χ4v) is 3.93. The quantitative estimate of drug-likeness (QED) is 0.626. The van der Waals surface area contributed by atoms with Gasteiger partial charge in [-0.05, 0) is 56.6 Å². The van der Waals surface area contributed by atoms with E-state index >= 15 is 0 Å². The van der Waals surface area contributed by atoms with Crippen molar-refractivity contribution in [1.29, 1.82) is 5.26 Å². The third kappa shape index (κ3) is 5.31. The Balaban J connectivity index is 0.000000216. The lowest BCUT2D eigenvalue weighted by Gasteiger charge is -2.27. The standard InChI is InChI=1S/C15H10ClN3O.C8H17NO/c1-20-14-6-12(11-4-2-10(7-17)3-5-11)15(16)19-9-18-8-13(14)19;1-8(10)7-9-5-3-2-4-6-9/h2-6,8-9H,1H3;8,10H,2-7H2,1H3. The van der Waals surface area contributed by atoms with Gasteiger partial charge in [0.1, 0.15) is 22.7 Å². The van der Waals surface area contributed by atoms with Crippen molar-refractivity contribution in [3.63, 3.8) is 0 Å². The zero-order valence-corrected chi connectivity index (χ0v) is 18.1. The van der Waals surface area contributed by atoms with Crippen LogP contribution in [0.4, 0.5) is 0 Å². The summed E-state index contributed by atoms with van der Waals surface area (Å²) in [6.45, 7) is 5.09. The molecule has 1 N–H and O–H groups in total. The number of aliphatic hydroxyl groups is 1. The largest absolute Gasteiger partial charge is 0.494 e. The third-order valence-corrected chi connectivity index (χ3v) is 5.50. The van der Waals surface area contributed by atoms with Crippen LogP contribution in [-0.4, -0.2) is 52.2 Å². The maximum atomic E-state index is 9.06. The molecule has 6 nitrogen and oxygen atoms in total. The fourth-order valence-electron chi connectivity index (χ4n) is 3.63. The number of hydrogen-bond acceptors (Lipinski definition) is 5. The van der Waals surface area contributed by atoms with Gasteiger partial charge in [-0.2, -0.15) is 5.26 Å². The van der Waals surface area contributed by atoms with Gasteiger partial charge in [0, 0.05) is 12.1 Å².